The lowest BCUT2D eigenvalue weighted by molar-refractivity contribution is -0.167. The monoisotopic (exact) mass is 320 g/mol. The van der Waals surface area contributed by atoms with Gasteiger partial charge in [-0.3, -0.25) is 9.59 Å². The van der Waals surface area contributed by atoms with E-state index in [-0.39, 0.29) is 18.1 Å². The Morgan fingerprint density at radius 3 is 2.48 bits per heavy atom. The topological polar surface area (TPSA) is 49.4 Å². The minimum Gasteiger partial charge on any atom is -0.333 e. The third kappa shape index (κ3) is 3.47. The molecule has 8 heteroatoms. The van der Waals surface area contributed by atoms with Gasteiger partial charge in [-0.1, -0.05) is 6.07 Å². The van der Waals surface area contributed by atoms with Crippen molar-refractivity contribution in [3.8, 4) is 0 Å². The minimum absolute atomic E-state index is 0.0456. The first kappa shape index (κ1) is 15.6. The molecule has 0 fully saturated rings. The van der Waals surface area contributed by atoms with E-state index in [1.165, 1.54) is 17.0 Å². The van der Waals surface area contributed by atoms with Crippen LogP contribution in [0.1, 0.15) is 18.1 Å². The van der Waals surface area contributed by atoms with Crippen LogP contribution in [-0.4, -0.2) is 28.3 Å². The predicted molar refractivity (Wildman–Crippen MR) is 70.7 cm³/mol. The summed E-state index contributed by atoms with van der Waals surface area (Å²) in [7, 11) is 0. The second kappa shape index (κ2) is 5.55. The Kier molecular flexibility index (Phi) is 4.13. The number of fused-ring (bicyclic) bond motifs is 1. The SMILES string of the molecule is CC(Cl)C(=O)N1Cc2ccc(NC(=O)C(F)(F)F)cc2C1. The second-order valence-electron chi connectivity index (χ2n) is 4.75. The van der Waals surface area contributed by atoms with Crippen LogP contribution in [0, 0.1) is 0 Å². The zero-order valence-corrected chi connectivity index (χ0v) is 11.8. The molecular formula is C13H12ClF3N2O2. The summed E-state index contributed by atoms with van der Waals surface area (Å²) in [6, 6.07) is 4.40. The maximum absolute atomic E-state index is 12.2. The highest BCUT2D eigenvalue weighted by molar-refractivity contribution is 6.30. The highest BCUT2D eigenvalue weighted by atomic mass is 35.5. The molecular weight excluding hydrogens is 309 g/mol. The van der Waals surface area contributed by atoms with Crippen LogP contribution in [0.15, 0.2) is 18.2 Å². The molecule has 0 spiro atoms. The van der Waals surface area contributed by atoms with Crippen LogP contribution >= 0.6 is 11.6 Å². The summed E-state index contributed by atoms with van der Waals surface area (Å²) < 4.78 is 36.6. The molecule has 2 rings (SSSR count). The van der Waals surface area contributed by atoms with Gasteiger partial charge in [0.25, 0.3) is 0 Å². The highest BCUT2D eigenvalue weighted by Gasteiger charge is 2.38. The van der Waals surface area contributed by atoms with Gasteiger partial charge in [0.15, 0.2) is 0 Å². The van der Waals surface area contributed by atoms with Crippen molar-refractivity contribution in [1.29, 1.82) is 0 Å². The average Bonchev–Trinajstić information content (AvgIpc) is 2.79. The number of carbonyl (C=O) groups excluding carboxylic acids is 2. The van der Waals surface area contributed by atoms with Gasteiger partial charge in [0.1, 0.15) is 5.38 Å². The number of rotatable bonds is 2. The molecule has 1 N–H and O–H groups in total. The number of benzene rings is 1. The lowest BCUT2D eigenvalue weighted by atomic mass is 10.1. The first-order chi connectivity index (χ1) is 9.68. The number of nitrogens with zero attached hydrogens (tertiary/aromatic N) is 1. The van der Waals surface area contributed by atoms with E-state index >= 15 is 0 Å². The molecule has 0 saturated carbocycles. The Bertz CT molecular complexity index is 587. The van der Waals surface area contributed by atoms with E-state index in [1.54, 1.807) is 18.3 Å². The van der Waals surface area contributed by atoms with Crippen molar-refractivity contribution in [2.75, 3.05) is 5.32 Å². The highest BCUT2D eigenvalue weighted by Crippen LogP contribution is 2.27. The zero-order chi connectivity index (χ0) is 15.8. The van der Waals surface area contributed by atoms with Gasteiger partial charge >= 0.3 is 12.1 Å². The van der Waals surface area contributed by atoms with E-state index in [0.29, 0.717) is 12.1 Å². The number of carbonyl (C=O) groups is 2. The fourth-order valence-electron chi connectivity index (χ4n) is 2.08. The van der Waals surface area contributed by atoms with Crippen LogP contribution < -0.4 is 5.32 Å². The number of hydrogen-bond donors (Lipinski definition) is 1. The summed E-state index contributed by atoms with van der Waals surface area (Å²) in [5.41, 5.74) is 1.57. The Hall–Kier alpha value is -1.76. The summed E-state index contributed by atoms with van der Waals surface area (Å²) in [5, 5.41) is 1.12. The molecule has 1 unspecified atom stereocenters. The Balaban J connectivity index is 2.12. The van der Waals surface area contributed by atoms with Crippen molar-refractivity contribution >= 4 is 29.1 Å². The molecule has 0 radical (unpaired) electrons. The maximum atomic E-state index is 12.2. The molecule has 1 atom stereocenters. The Morgan fingerprint density at radius 2 is 1.90 bits per heavy atom. The molecule has 1 aliphatic heterocycles. The molecule has 114 valence electrons. The first-order valence-corrected chi connectivity index (χ1v) is 6.55. The zero-order valence-electron chi connectivity index (χ0n) is 11.0. The predicted octanol–water partition coefficient (Wildman–Crippen LogP) is 2.66. The smallest absolute Gasteiger partial charge is 0.333 e. The normalized spacial score (nSPS) is 15.6. The van der Waals surface area contributed by atoms with Gasteiger partial charge in [-0.2, -0.15) is 13.2 Å². The summed E-state index contributed by atoms with van der Waals surface area (Å²) in [4.78, 5) is 24.2. The van der Waals surface area contributed by atoms with E-state index in [2.05, 4.69) is 0 Å². The third-order valence-corrected chi connectivity index (χ3v) is 3.28. The van der Waals surface area contributed by atoms with Gasteiger partial charge in [-0.15, -0.1) is 11.6 Å². The molecule has 1 heterocycles. The van der Waals surface area contributed by atoms with E-state index in [9.17, 15) is 22.8 Å². The summed E-state index contributed by atoms with van der Waals surface area (Å²) in [5.74, 6) is -2.27. The lowest BCUT2D eigenvalue weighted by Crippen LogP contribution is -2.31. The Morgan fingerprint density at radius 1 is 1.29 bits per heavy atom. The van der Waals surface area contributed by atoms with Gasteiger partial charge in [0.05, 0.1) is 0 Å². The van der Waals surface area contributed by atoms with Crippen molar-refractivity contribution < 1.29 is 22.8 Å². The molecule has 21 heavy (non-hydrogen) atoms. The fraction of sp³-hybridized carbons (Fsp3) is 0.385. The van der Waals surface area contributed by atoms with Gasteiger partial charge in [0.2, 0.25) is 5.91 Å². The molecule has 0 saturated heterocycles. The van der Waals surface area contributed by atoms with Crippen LogP contribution in [0.25, 0.3) is 0 Å². The molecule has 1 aliphatic rings. The van der Waals surface area contributed by atoms with Crippen LogP contribution in [0.2, 0.25) is 0 Å². The number of amides is 2. The molecule has 2 amide bonds. The van der Waals surface area contributed by atoms with Gasteiger partial charge in [-0.05, 0) is 30.2 Å². The largest absolute Gasteiger partial charge is 0.471 e. The van der Waals surface area contributed by atoms with Gasteiger partial charge in [0, 0.05) is 18.8 Å². The lowest BCUT2D eigenvalue weighted by Gasteiger charge is -2.16. The molecule has 1 aromatic carbocycles. The van der Waals surface area contributed by atoms with Crippen LogP contribution in [0.4, 0.5) is 18.9 Å². The van der Waals surface area contributed by atoms with Crippen molar-refractivity contribution in [1.82, 2.24) is 4.90 Å². The fourth-order valence-corrected chi connectivity index (χ4v) is 2.22. The molecule has 4 nitrogen and oxygen atoms in total. The summed E-state index contributed by atoms with van der Waals surface area (Å²) in [6.07, 6.45) is -4.94. The van der Waals surface area contributed by atoms with Gasteiger partial charge in [-0.25, -0.2) is 0 Å². The number of alkyl halides is 4. The molecule has 1 aromatic rings. The standard InChI is InChI=1S/C13H12ClF3N2O2/c1-7(14)11(20)19-5-8-2-3-10(4-9(8)6-19)18-12(21)13(15,16)17/h2-4,7H,5-6H2,1H3,(H,18,21). The summed E-state index contributed by atoms with van der Waals surface area (Å²) >= 11 is 5.73. The van der Waals surface area contributed by atoms with Gasteiger partial charge < -0.3 is 10.2 Å². The van der Waals surface area contributed by atoms with Crippen LogP contribution in [-0.2, 0) is 22.7 Å². The maximum Gasteiger partial charge on any atom is 0.471 e. The summed E-state index contributed by atoms with van der Waals surface area (Å²) in [6.45, 7) is 2.18. The van der Waals surface area contributed by atoms with E-state index < -0.39 is 17.5 Å². The number of halogens is 4. The van der Waals surface area contributed by atoms with E-state index in [0.717, 1.165) is 5.56 Å². The van der Waals surface area contributed by atoms with Crippen molar-refractivity contribution in [2.24, 2.45) is 0 Å². The van der Waals surface area contributed by atoms with Crippen molar-refractivity contribution in [3.63, 3.8) is 0 Å². The second-order valence-corrected chi connectivity index (χ2v) is 5.40. The minimum atomic E-state index is -4.94. The van der Waals surface area contributed by atoms with E-state index in [1.807, 2.05) is 0 Å². The van der Waals surface area contributed by atoms with Crippen LogP contribution in [0.3, 0.4) is 0 Å². The van der Waals surface area contributed by atoms with Crippen molar-refractivity contribution in [3.05, 3.63) is 29.3 Å². The van der Waals surface area contributed by atoms with Crippen molar-refractivity contribution in [2.45, 2.75) is 31.6 Å². The first-order valence-electron chi connectivity index (χ1n) is 6.11. The molecule has 0 aliphatic carbocycles. The average molecular weight is 321 g/mol. The quantitative estimate of drug-likeness (QED) is 0.852. The number of nitrogens with one attached hydrogen (secondary N) is 1. The molecule has 0 aromatic heterocycles. The number of hydrogen-bond acceptors (Lipinski definition) is 2. The van der Waals surface area contributed by atoms with E-state index in [4.69, 9.17) is 11.6 Å². The third-order valence-electron chi connectivity index (χ3n) is 3.10. The number of anilines is 1. The molecule has 0 bridgehead atoms. The Labute approximate surface area is 123 Å². The van der Waals surface area contributed by atoms with Crippen LogP contribution in [0.5, 0.6) is 0 Å².